The second-order valence-corrected chi connectivity index (χ2v) is 6.52. The molecule has 1 heterocycles. The Labute approximate surface area is 163 Å². The number of halogens is 2. The van der Waals surface area contributed by atoms with Crippen molar-refractivity contribution in [3.8, 4) is 0 Å². The SMILES string of the molecule is O=C(NCCc1ccccc1F)c1cccc(NC(=O)c2ccc(Br)o2)c1. The summed E-state index contributed by atoms with van der Waals surface area (Å²) in [7, 11) is 0. The highest BCUT2D eigenvalue weighted by molar-refractivity contribution is 9.10. The van der Waals surface area contributed by atoms with Crippen molar-refractivity contribution in [3.05, 3.63) is 88.0 Å². The van der Waals surface area contributed by atoms with Crippen molar-refractivity contribution in [1.29, 1.82) is 0 Å². The molecule has 0 bridgehead atoms. The number of hydrogen-bond acceptors (Lipinski definition) is 3. The van der Waals surface area contributed by atoms with Crippen LogP contribution in [0, 0.1) is 5.82 Å². The molecular formula is C20H16BrFN2O3. The zero-order valence-corrected chi connectivity index (χ0v) is 15.8. The lowest BCUT2D eigenvalue weighted by atomic mass is 10.1. The maximum Gasteiger partial charge on any atom is 0.291 e. The molecule has 138 valence electrons. The average Bonchev–Trinajstić information content (AvgIpc) is 3.10. The zero-order chi connectivity index (χ0) is 19.2. The molecule has 2 aromatic carbocycles. The Hall–Kier alpha value is -2.93. The minimum absolute atomic E-state index is 0.154. The molecule has 0 aliphatic rings. The van der Waals surface area contributed by atoms with Crippen LogP contribution in [0.15, 0.2) is 69.8 Å². The monoisotopic (exact) mass is 430 g/mol. The van der Waals surface area contributed by atoms with Crippen LogP contribution in [0.5, 0.6) is 0 Å². The van der Waals surface area contributed by atoms with E-state index in [2.05, 4.69) is 26.6 Å². The third kappa shape index (κ3) is 5.04. The largest absolute Gasteiger partial charge is 0.444 e. The van der Waals surface area contributed by atoms with Gasteiger partial charge >= 0.3 is 0 Å². The van der Waals surface area contributed by atoms with Crippen molar-refractivity contribution in [3.63, 3.8) is 0 Å². The third-order valence-electron chi connectivity index (χ3n) is 3.82. The summed E-state index contributed by atoms with van der Waals surface area (Å²) < 4.78 is 19.2. The van der Waals surface area contributed by atoms with Crippen LogP contribution in [0.1, 0.15) is 26.5 Å². The highest BCUT2D eigenvalue weighted by Gasteiger charge is 2.12. The van der Waals surface area contributed by atoms with Crippen LogP contribution in [-0.2, 0) is 6.42 Å². The summed E-state index contributed by atoms with van der Waals surface area (Å²) in [6, 6.07) is 16.2. The van der Waals surface area contributed by atoms with Gasteiger partial charge in [-0.15, -0.1) is 0 Å². The van der Waals surface area contributed by atoms with Gasteiger partial charge in [0.15, 0.2) is 10.4 Å². The quantitative estimate of drug-likeness (QED) is 0.608. The first-order chi connectivity index (χ1) is 13.0. The Kier molecular flexibility index (Phi) is 6.03. The summed E-state index contributed by atoms with van der Waals surface area (Å²) >= 11 is 3.14. The third-order valence-corrected chi connectivity index (χ3v) is 4.24. The van der Waals surface area contributed by atoms with Crippen molar-refractivity contribution in [1.82, 2.24) is 5.32 Å². The first kappa shape index (κ1) is 18.8. The van der Waals surface area contributed by atoms with E-state index in [4.69, 9.17) is 4.42 Å². The van der Waals surface area contributed by atoms with Crippen molar-refractivity contribution >= 4 is 33.4 Å². The molecule has 3 aromatic rings. The fourth-order valence-electron chi connectivity index (χ4n) is 2.48. The molecule has 0 saturated carbocycles. The number of rotatable bonds is 6. The van der Waals surface area contributed by atoms with E-state index in [1.165, 1.54) is 6.07 Å². The molecule has 1 aromatic heterocycles. The molecule has 5 nitrogen and oxygen atoms in total. The number of carbonyl (C=O) groups is 2. The van der Waals surface area contributed by atoms with Gasteiger partial charge in [0.25, 0.3) is 11.8 Å². The number of carbonyl (C=O) groups excluding carboxylic acids is 2. The molecule has 3 rings (SSSR count). The summed E-state index contributed by atoms with van der Waals surface area (Å²) in [4.78, 5) is 24.4. The van der Waals surface area contributed by atoms with E-state index in [1.807, 2.05) is 0 Å². The van der Waals surface area contributed by atoms with Crippen molar-refractivity contribution in [2.24, 2.45) is 0 Å². The molecule has 2 N–H and O–H groups in total. The smallest absolute Gasteiger partial charge is 0.291 e. The fraction of sp³-hybridized carbons (Fsp3) is 0.100. The van der Waals surface area contributed by atoms with Crippen molar-refractivity contribution < 1.29 is 18.4 Å². The topological polar surface area (TPSA) is 71.3 Å². The van der Waals surface area contributed by atoms with E-state index in [9.17, 15) is 14.0 Å². The number of furan rings is 1. The lowest BCUT2D eigenvalue weighted by Gasteiger charge is -2.08. The van der Waals surface area contributed by atoms with Gasteiger partial charge in [-0.05, 0) is 64.3 Å². The summed E-state index contributed by atoms with van der Waals surface area (Å²) in [5.41, 5.74) is 1.40. The van der Waals surface area contributed by atoms with Crippen molar-refractivity contribution in [2.45, 2.75) is 6.42 Å². The van der Waals surface area contributed by atoms with Crippen LogP contribution in [0.4, 0.5) is 10.1 Å². The minimum atomic E-state index is -0.419. The van der Waals surface area contributed by atoms with Gasteiger partial charge < -0.3 is 15.1 Å². The molecule has 0 atom stereocenters. The van der Waals surface area contributed by atoms with E-state index in [0.29, 0.717) is 34.4 Å². The van der Waals surface area contributed by atoms with Gasteiger partial charge in [0.2, 0.25) is 0 Å². The molecule has 0 aliphatic heterocycles. The van der Waals surface area contributed by atoms with Gasteiger partial charge in [0.1, 0.15) is 5.82 Å². The molecule has 0 aliphatic carbocycles. The Morgan fingerprint density at radius 1 is 1.00 bits per heavy atom. The maximum absolute atomic E-state index is 13.6. The van der Waals surface area contributed by atoms with Gasteiger partial charge in [-0.3, -0.25) is 9.59 Å². The van der Waals surface area contributed by atoms with Gasteiger partial charge in [-0.25, -0.2) is 4.39 Å². The minimum Gasteiger partial charge on any atom is -0.444 e. The molecule has 27 heavy (non-hydrogen) atoms. The molecule has 2 amide bonds. The van der Waals surface area contributed by atoms with Gasteiger partial charge in [0.05, 0.1) is 0 Å². The van der Waals surface area contributed by atoms with Gasteiger partial charge in [-0.1, -0.05) is 24.3 Å². The van der Waals surface area contributed by atoms with E-state index < -0.39 is 5.91 Å². The average molecular weight is 431 g/mol. The fourth-order valence-corrected chi connectivity index (χ4v) is 2.79. The highest BCUT2D eigenvalue weighted by Crippen LogP contribution is 2.17. The number of hydrogen-bond donors (Lipinski definition) is 2. The molecule has 7 heteroatoms. The molecule has 0 fully saturated rings. The number of amides is 2. The van der Waals surface area contributed by atoms with E-state index in [-0.39, 0.29) is 17.5 Å². The molecular weight excluding hydrogens is 415 g/mol. The molecule has 0 saturated heterocycles. The Morgan fingerprint density at radius 2 is 1.81 bits per heavy atom. The highest BCUT2D eigenvalue weighted by atomic mass is 79.9. The number of benzene rings is 2. The summed E-state index contributed by atoms with van der Waals surface area (Å²) in [6.07, 6.45) is 0.391. The first-order valence-electron chi connectivity index (χ1n) is 8.21. The summed E-state index contributed by atoms with van der Waals surface area (Å²) in [5, 5.41) is 5.42. The first-order valence-corrected chi connectivity index (χ1v) is 9.00. The number of nitrogens with one attached hydrogen (secondary N) is 2. The molecule has 0 radical (unpaired) electrons. The van der Waals surface area contributed by atoms with Gasteiger partial charge in [-0.2, -0.15) is 0 Å². The Bertz CT molecular complexity index is 971. The second kappa shape index (κ2) is 8.64. The van der Waals surface area contributed by atoms with Crippen LogP contribution >= 0.6 is 15.9 Å². The van der Waals surface area contributed by atoms with Gasteiger partial charge in [0, 0.05) is 17.8 Å². The summed E-state index contributed by atoms with van der Waals surface area (Å²) in [5.74, 6) is -0.858. The van der Waals surface area contributed by atoms with Crippen LogP contribution < -0.4 is 10.6 Å². The zero-order valence-electron chi connectivity index (χ0n) is 14.2. The Balaban J connectivity index is 1.58. The van der Waals surface area contributed by atoms with Crippen molar-refractivity contribution in [2.75, 3.05) is 11.9 Å². The predicted octanol–water partition coefficient (Wildman–Crippen LogP) is 4.41. The van der Waals surface area contributed by atoms with E-state index in [0.717, 1.165) is 0 Å². The predicted molar refractivity (Wildman–Crippen MR) is 103 cm³/mol. The number of anilines is 1. The standard InChI is InChI=1S/C20H16BrFN2O3/c21-18-9-8-17(27-18)20(26)24-15-6-3-5-14(12-15)19(25)23-11-10-13-4-1-2-7-16(13)22/h1-9,12H,10-11H2,(H,23,25)(H,24,26). The van der Waals surface area contributed by atoms with Crippen LogP contribution in [0.25, 0.3) is 0 Å². The molecule has 0 spiro atoms. The summed E-state index contributed by atoms with van der Waals surface area (Å²) in [6.45, 7) is 0.302. The second-order valence-electron chi connectivity index (χ2n) is 5.74. The van der Waals surface area contributed by atoms with E-state index >= 15 is 0 Å². The lowest BCUT2D eigenvalue weighted by molar-refractivity contribution is 0.0951. The lowest BCUT2D eigenvalue weighted by Crippen LogP contribution is -2.26. The van der Waals surface area contributed by atoms with Crippen LogP contribution in [0.3, 0.4) is 0 Å². The maximum atomic E-state index is 13.6. The van der Waals surface area contributed by atoms with Crippen LogP contribution in [-0.4, -0.2) is 18.4 Å². The Morgan fingerprint density at radius 3 is 2.56 bits per heavy atom. The van der Waals surface area contributed by atoms with E-state index in [1.54, 1.807) is 54.6 Å². The normalized spacial score (nSPS) is 10.4. The molecule has 0 unspecified atom stereocenters. The van der Waals surface area contributed by atoms with Crippen LogP contribution in [0.2, 0.25) is 0 Å².